The van der Waals surface area contributed by atoms with E-state index in [1.807, 2.05) is 0 Å². The molecule has 1 heterocycles. The van der Waals surface area contributed by atoms with E-state index in [-0.39, 0.29) is 18.6 Å². The van der Waals surface area contributed by atoms with Gasteiger partial charge in [0, 0.05) is 24.7 Å². The van der Waals surface area contributed by atoms with Gasteiger partial charge in [-0.05, 0) is 17.7 Å². The van der Waals surface area contributed by atoms with E-state index in [9.17, 15) is 34.2 Å². The van der Waals surface area contributed by atoms with Gasteiger partial charge >= 0.3 is 11.9 Å². The predicted molar refractivity (Wildman–Crippen MR) is 125 cm³/mol. The van der Waals surface area contributed by atoms with Crippen molar-refractivity contribution in [3.8, 4) is 5.75 Å². The molecule has 15 heteroatoms. The number of carbonyl (C=O) groups excluding carboxylic acids is 3. The molecule has 0 aliphatic carbocycles. The lowest BCUT2D eigenvalue weighted by Crippen LogP contribution is -2.58. The largest absolute Gasteiger partial charge is 0.508 e. The third-order valence-corrected chi connectivity index (χ3v) is 5.15. The maximum Gasteiger partial charge on any atom is 0.328 e. The molecule has 0 aliphatic rings. The van der Waals surface area contributed by atoms with Crippen molar-refractivity contribution in [2.24, 2.45) is 5.73 Å². The van der Waals surface area contributed by atoms with Gasteiger partial charge in [-0.1, -0.05) is 12.1 Å². The van der Waals surface area contributed by atoms with E-state index in [0.717, 1.165) is 0 Å². The highest BCUT2D eigenvalue weighted by molar-refractivity contribution is 5.95. The number of phenols is 1. The van der Waals surface area contributed by atoms with Crippen molar-refractivity contribution in [3.05, 3.63) is 48.0 Å². The summed E-state index contributed by atoms with van der Waals surface area (Å²) in [5, 5.41) is 43.7. The molecule has 4 unspecified atom stereocenters. The van der Waals surface area contributed by atoms with E-state index in [0.29, 0.717) is 11.3 Å². The van der Waals surface area contributed by atoms with Gasteiger partial charge in [-0.2, -0.15) is 0 Å². The van der Waals surface area contributed by atoms with E-state index in [1.165, 1.54) is 36.8 Å². The number of aromatic hydroxyl groups is 1. The number of amides is 3. The Morgan fingerprint density at radius 1 is 0.892 bits per heavy atom. The van der Waals surface area contributed by atoms with Crippen LogP contribution >= 0.6 is 0 Å². The Kier molecular flexibility index (Phi) is 10.5. The van der Waals surface area contributed by atoms with Crippen molar-refractivity contribution in [3.63, 3.8) is 0 Å². The van der Waals surface area contributed by atoms with Crippen LogP contribution in [0.1, 0.15) is 17.7 Å². The van der Waals surface area contributed by atoms with Gasteiger partial charge in [0.2, 0.25) is 17.7 Å². The number of phenolic OH excluding ortho intramolecular Hbond substituents is 1. The number of aliphatic hydroxyl groups is 1. The molecular weight excluding hydrogens is 492 g/mol. The molecule has 0 spiro atoms. The minimum Gasteiger partial charge on any atom is -0.508 e. The molecule has 2 rings (SSSR count). The Morgan fingerprint density at radius 3 is 1.97 bits per heavy atom. The number of aromatic amines is 1. The molecule has 10 N–H and O–H groups in total. The zero-order valence-corrected chi connectivity index (χ0v) is 19.5. The van der Waals surface area contributed by atoms with Gasteiger partial charge in [0.05, 0.1) is 25.4 Å². The van der Waals surface area contributed by atoms with Crippen LogP contribution in [0, 0.1) is 0 Å². The topological polar surface area (TPSA) is 257 Å². The first kappa shape index (κ1) is 28.7. The van der Waals surface area contributed by atoms with Crippen LogP contribution in [0.3, 0.4) is 0 Å². The number of rotatable bonds is 14. The van der Waals surface area contributed by atoms with Crippen molar-refractivity contribution >= 4 is 29.7 Å². The SMILES string of the molecule is NC(CC(=O)O)C(=O)NC(Cc1cnc[nH]1)C(=O)NC(Cc1ccc(O)cc1)C(=O)NC(CO)C(=O)O. The highest BCUT2D eigenvalue weighted by Gasteiger charge is 2.31. The third-order valence-electron chi connectivity index (χ3n) is 5.15. The monoisotopic (exact) mass is 520 g/mol. The van der Waals surface area contributed by atoms with E-state index < -0.39 is 66.9 Å². The smallest absolute Gasteiger partial charge is 0.328 e. The second-order valence-electron chi connectivity index (χ2n) is 8.06. The number of carboxylic acid groups (broad SMARTS) is 2. The first-order valence-electron chi connectivity index (χ1n) is 11.0. The molecule has 200 valence electrons. The second kappa shape index (κ2) is 13.6. The molecule has 15 nitrogen and oxygen atoms in total. The van der Waals surface area contributed by atoms with Gasteiger partial charge < -0.3 is 47.1 Å². The Labute approximate surface area is 210 Å². The fraction of sp³-hybridized carbons (Fsp3) is 0.364. The zero-order chi connectivity index (χ0) is 27.5. The first-order chi connectivity index (χ1) is 17.5. The molecule has 2 aromatic rings. The number of aliphatic carboxylic acids is 2. The van der Waals surface area contributed by atoms with Crippen molar-refractivity contribution in [1.82, 2.24) is 25.9 Å². The first-order valence-corrected chi connectivity index (χ1v) is 11.0. The van der Waals surface area contributed by atoms with Crippen molar-refractivity contribution in [2.75, 3.05) is 6.61 Å². The van der Waals surface area contributed by atoms with Crippen LogP contribution in [0.25, 0.3) is 0 Å². The van der Waals surface area contributed by atoms with Crippen LogP contribution in [0.2, 0.25) is 0 Å². The van der Waals surface area contributed by atoms with E-state index in [4.69, 9.17) is 15.9 Å². The molecule has 3 amide bonds. The summed E-state index contributed by atoms with van der Waals surface area (Å²) in [6.07, 6.45) is 1.78. The molecule has 4 atom stereocenters. The van der Waals surface area contributed by atoms with Gasteiger partial charge in [-0.3, -0.25) is 19.2 Å². The third kappa shape index (κ3) is 9.23. The average Bonchev–Trinajstić information content (AvgIpc) is 3.35. The molecule has 0 aliphatic heterocycles. The number of imidazole rings is 1. The second-order valence-corrected chi connectivity index (χ2v) is 8.06. The fourth-order valence-corrected chi connectivity index (χ4v) is 3.19. The number of hydrogen-bond donors (Lipinski definition) is 9. The number of nitrogens with one attached hydrogen (secondary N) is 4. The average molecular weight is 520 g/mol. The fourth-order valence-electron chi connectivity index (χ4n) is 3.19. The maximum absolute atomic E-state index is 13.2. The predicted octanol–water partition coefficient (Wildman–Crippen LogP) is -2.77. The summed E-state index contributed by atoms with van der Waals surface area (Å²) in [5.74, 6) is -5.58. The number of carbonyl (C=O) groups is 5. The van der Waals surface area contributed by atoms with Gasteiger partial charge in [0.1, 0.15) is 23.9 Å². The Morgan fingerprint density at radius 2 is 1.46 bits per heavy atom. The lowest BCUT2D eigenvalue weighted by molar-refractivity contribution is -0.143. The molecule has 1 aromatic heterocycles. The van der Waals surface area contributed by atoms with E-state index in [2.05, 4.69) is 25.9 Å². The Bertz CT molecular complexity index is 1090. The maximum atomic E-state index is 13.2. The van der Waals surface area contributed by atoms with Crippen LogP contribution in [-0.2, 0) is 36.8 Å². The molecule has 0 fully saturated rings. The van der Waals surface area contributed by atoms with E-state index in [1.54, 1.807) is 0 Å². The molecule has 0 saturated heterocycles. The minimum atomic E-state index is -1.64. The highest BCUT2D eigenvalue weighted by Crippen LogP contribution is 2.12. The number of hydrogen-bond acceptors (Lipinski definition) is 9. The van der Waals surface area contributed by atoms with Crippen molar-refractivity contribution < 1.29 is 44.4 Å². The van der Waals surface area contributed by atoms with Gasteiger partial charge in [-0.25, -0.2) is 9.78 Å². The van der Waals surface area contributed by atoms with Crippen LogP contribution in [0.15, 0.2) is 36.8 Å². The van der Waals surface area contributed by atoms with Crippen molar-refractivity contribution in [2.45, 2.75) is 43.4 Å². The van der Waals surface area contributed by atoms with Gasteiger partial charge in [0.25, 0.3) is 0 Å². The van der Waals surface area contributed by atoms with Crippen molar-refractivity contribution in [1.29, 1.82) is 0 Å². The summed E-state index contributed by atoms with van der Waals surface area (Å²) in [6, 6.07) is -0.104. The number of aromatic nitrogens is 2. The Balaban J connectivity index is 2.27. The lowest BCUT2D eigenvalue weighted by Gasteiger charge is -2.25. The van der Waals surface area contributed by atoms with Crippen LogP contribution < -0.4 is 21.7 Å². The molecule has 37 heavy (non-hydrogen) atoms. The molecule has 0 bridgehead atoms. The number of nitrogens with zero attached hydrogens (tertiary/aromatic N) is 1. The number of aliphatic hydroxyl groups excluding tert-OH is 1. The van der Waals surface area contributed by atoms with E-state index >= 15 is 0 Å². The summed E-state index contributed by atoms with van der Waals surface area (Å²) < 4.78 is 0. The lowest BCUT2D eigenvalue weighted by atomic mass is 10.0. The zero-order valence-electron chi connectivity index (χ0n) is 19.5. The normalized spacial score (nSPS) is 14.0. The number of H-pyrrole nitrogens is 1. The van der Waals surface area contributed by atoms with Gasteiger partial charge in [-0.15, -0.1) is 0 Å². The minimum absolute atomic E-state index is 0.0416. The van der Waals surface area contributed by atoms with Crippen LogP contribution in [0.5, 0.6) is 5.75 Å². The summed E-state index contributed by atoms with van der Waals surface area (Å²) in [4.78, 5) is 67.2. The highest BCUT2D eigenvalue weighted by atomic mass is 16.4. The quantitative estimate of drug-likeness (QED) is 0.123. The number of carboxylic acids is 2. The Hall–Kier alpha value is -4.50. The van der Waals surface area contributed by atoms with Crippen LogP contribution in [-0.4, -0.2) is 90.8 Å². The summed E-state index contributed by atoms with van der Waals surface area (Å²) in [6.45, 7) is -0.902. The molecule has 0 radical (unpaired) electrons. The summed E-state index contributed by atoms with van der Waals surface area (Å²) in [7, 11) is 0. The molecule has 0 saturated carbocycles. The summed E-state index contributed by atoms with van der Waals surface area (Å²) in [5.41, 5.74) is 6.51. The van der Waals surface area contributed by atoms with Crippen LogP contribution in [0.4, 0.5) is 0 Å². The molecule has 1 aromatic carbocycles. The standard InChI is InChI=1S/C22H28N6O9/c23-14(7-18(31)32)19(33)26-16(6-12-8-24-10-25-12)21(35)27-15(5-11-1-3-13(30)4-2-11)20(34)28-17(9-29)22(36)37/h1-4,8,10,14-17,29-30H,5-7,9,23H2,(H,24,25)(H,26,33)(H,27,35)(H,28,34)(H,31,32)(H,36,37). The molecular formula is C22H28N6O9. The number of benzene rings is 1. The summed E-state index contributed by atoms with van der Waals surface area (Å²) >= 11 is 0. The number of nitrogens with two attached hydrogens (primary N) is 1. The van der Waals surface area contributed by atoms with Gasteiger partial charge in [0.15, 0.2) is 0 Å².